The van der Waals surface area contributed by atoms with E-state index in [9.17, 15) is 9.18 Å². The van der Waals surface area contributed by atoms with Crippen molar-refractivity contribution >= 4 is 5.97 Å². The van der Waals surface area contributed by atoms with Crippen LogP contribution in [0, 0.1) is 0 Å². The first kappa shape index (κ1) is 9.67. The molecule has 3 nitrogen and oxygen atoms in total. The van der Waals surface area contributed by atoms with Crippen molar-refractivity contribution in [2.45, 2.75) is 12.7 Å². The number of carbonyl (C=O) groups is 1. The average molecular weight is 183 g/mol. The first-order chi connectivity index (χ1) is 6.09. The van der Waals surface area contributed by atoms with E-state index < -0.39 is 12.3 Å². The molecule has 0 saturated heterocycles. The lowest BCUT2D eigenvalue weighted by Gasteiger charge is -2.02. The molecule has 0 heterocycles. The van der Waals surface area contributed by atoms with Gasteiger partial charge in [0.1, 0.15) is 0 Å². The van der Waals surface area contributed by atoms with E-state index in [1.54, 1.807) is 12.1 Å². The molecule has 0 aliphatic rings. The number of benzene rings is 1. The number of rotatable bonds is 3. The maximum Gasteiger partial charge on any atom is 0.335 e. The van der Waals surface area contributed by atoms with Gasteiger partial charge in [0, 0.05) is 6.42 Å². The van der Waals surface area contributed by atoms with Crippen LogP contribution in [0.4, 0.5) is 4.39 Å². The second-order valence-electron chi connectivity index (χ2n) is 2.72. The fourth-order valence-corrected chi connectivity index (χ4v) is 1.01. The van der Waals surface area contributed by atoms with Crippen LogP contribution in [0.5, 0.6) is 0 Å². The maximum absolute atomic E-state index is 12.3. The number of alkyl halides is 1. The van der Waals surface area contributed by atoms with Gasteiger partial charge in [-0.1, -0.05) is 12.1 Å². The molecule has 1 atom stereocenters. The van der Waals surface area contributed by atoms with E-state index in [0.717, 1.165) is 0 Å². The third-order valence-electron chi connectivity index (χ3n) is 1.63. The van der Waals surface area contributed by atoms with Gasteiger partial charge in [-0.05, 0) is 17.7 Å². The quantitative estimate of drug-likeness (QED) is 0.691. The zero-order chi connectivity index (χ0) is 9.84. The molecule has 1 aromatic carbocycles. The smallest absolute Gasteiger partial charge is 0.335 e. The number of aromatic carboxylic acids is 1. The predicted molar refractivity (Wildman–Crippen MR) is 46.2 cm³/mol. The topological polar surface area (TPSA) is 63.3 Å². The van der Waals surface area contributed by atoms with Gasteiger partial charge in [-0.3, -0.25) is 0 Å². The van der Waals surface area contributed by atoms with Crippen LogP contribution in [0.15, 0.2) is 24.3 Å². The number of carboxylic acids is 1. The molecule has 0 fully saturated rings. The molecule has 4 heteroatoms. The van der Waals surface area contributed by atoms with E-state index in [0.29, 0.717) is 5.56 Å². The maximum atomic E-state index is 12.3. The van der Waals surface area contributed by atoms with Crippen LogP contribution in [-0.2, 0) is 6.42 Å². The Morgan fingerprint density at radius 3 is 2.38 bits per heavy atom. The highest BCUT2D eigenvalue weighted by Crippen LogP contribution is 2.06. The van der Waals surface area contributed by atoms with Crippen molar-refractivity contribution < 1.29 is 14.3 Å². The van der Waals surface area contributed by atoms with Crippen molar-refractivity contribution in [1.29, 1.82) is 0 Å². The highest BCUT2D eigenvalue weighted by molar-refractivity contribution is 5.87. The third-order valence-corrected chi connectivity index (χ3v) is 1.63. The fourth-order valence-electron chi connectivity index (χ4n) is 1.01. The van der Waals surface area contributed by atoms with E-state index in [2.05, 4.69) is 0 Å². The summed E-state index contributed by atoms with van der Waals surface area (Å²) in [5.41, 5.74) is 5.82. The SMILES string of the molecule is NC(F)Cc1ccc(C(=O)O)cc1. The Labute approximate surface area is 75.0 Å². The molecule has 0 saturated carbocycles. The Kier molecular flexibility index (Phi) is 2.97. The standard InChI is InChI=1S/C9H10FNO2/c10-8(11)5-6-1-3-7(4-2-6)9(12)13/h1-4,8H,5,11H2,(H,12,13). The van der Waals surface area contributed by atoms with Gasteiger partial charge in [0.25, 0.3) is 0 Å². The lowest BCUT2D eigenvalue weighted by atomic mass is 10.1. The van der Waals surface area contributed by atoms with Crippen LogP contribution in [0.1, 0.15) is 15.9 Å². The fraction of sp³-hybridized carbons (Fsp3) is 0.222. The zero-order valence-electron chi connectivity index (χ0n) is 6.90. The molecule has 3 N–H and O–H groups in total. The van der Waals surface area contributed by atoms with Crippen LogP contribution < -0.4 is 5.73 Å². The first-order valence-electron chi connectivity index (χ1n) is 3.81. The van der Waals surface area contributed by atoms with Crippen molar-refractivity contribution in [1.82, 2.24) is 0 Å². The van der Waals surface area contributed by atoms with Gasteiger partial charge < -0.3 is 10.8 Å². The van der Waals surface area contributed by atoms with Gasteiger partial charge in [0.2, 0.25) is 0 Å². The highest BCUT2D eigenvalue weighted by atomic mass is 19.1. The van der Waals surface area contributed by atoms with Crippen molar-refractivity contribution in [3.8, 4) is 0 Å². The van der Waals surface area contributed by atoms with Gasteiger partial charge in [-0.15, -0.1) is 0 Å². The Hall–Kier alpha value is -1.42. The largest absolute Gasteiger partial charge is 0.478 e. The Morgan fingerprint density at radius 2 is 2.00 bits per heavy atom. The number of carboxylic acid groups (broad SMARTS) is 1. The summed E-state index contributed by atoms with van der Waals surface area (Å²) in [6.07, 6.45) is -1.28. The van der Waals surface area contributed by atoms with Gasteiger partial charge in [0.15, 0.2) is 6.30 Å². The van der Waals surface area contributed by atoms with Gasteiger partial charge in [-0.2, -0.15) is 0 Å². The van der Waals surface area contributed by atoms with E-state index >= 15 is 0 Å². The molecule has 70 valence electrons. The molecule has 0 spiro atoms. The van der Waals surface area contributed by atoms with Gasteiger partial charge in [0.05, 0.1) is 5.56 Å². The van der Waals surface area contributed by atoms with Crippen LogP contribution in [0.25, 0.3) is 0 Å². The minimum Gasteiger partial charge on any atom is -0.478 e. The molecule has 0 aliphatic carbocycles. The van der Waals surface area contributed by atoms with Crippen LogP contribution in [-0.4, -0.2) is 17.4 Å². The molecule has 0 aliphatic heterocycles. The molecule has 1 rings (SSSR count). The molecule has 0 radical (unpaired) electrons. The van der Waals surface area contributed by atoms with E-state index in [1.165, 1.54) is 12.1 Å². The van der Waals surface area contributed by atoms with E-state index in [1.807, 2.05) is 0 Å². The number of halogens is 1. The van der Waals surface area contributed by atoms with E-state index in [4.69, 9.17) is 10.8 Å². The summed E-state index contributed by atoms with van der Waals surface area (Å²) >= 11 is 0. The molecule has 13 heavy (non-hydrogen) atoms. The summed E-state index contributed by atoms with van der Waals surface area (Å²) in [4.78, 5) is 10.4. The second-order valence-corrected chi connectivity index (χ2v) is 2.72. The van der Waals surface area contributed by atoms with Crippen molar-refractivity contribution in [3.63, 3.8) is 0 Å². The molecular weight excluding hydrogens is 173 g/mol. The van der Waals surface area contributed by atoms with Crippen LogP contribution in [0.3, 0.4) is 0 Å². The lowest BCUT2D eigenvalue weighted by molar-refractivity contribution is 0.0697. The summed E-state index contributed by atoms with van der Waals surface area (Å²) in [5, 5.41) is 8.56. The summed E-state index contributed by atoms with van der Waals surface area (Å²) < 4.78 is 12.3. The molecule has 1 aromatic rings. The molecule has 0 aromatic heterocycles. The molecule has 0 amide bonds. The van der Waals surface area contributed by atoms with Crippen LogP contribution in [0.2, 0.25) is 0 Å². The van der Waals surface area contributed by atoms with Crippen LogP contribution >= 0.6 is 0 Å². The average Bonchev–Trinajstić information content (AvgIpc) is 2.04. The Bertz CT molecular complexity index is 295. The predicted octanol–water partition coefficient (Wildman–Crippen LogP) is 1.18. The molecule has 1 unspecified atom stereocenters. The normalized spacial score (nSPS) is 12.5. The van der Waals surface area contributed by atoms with E-state index in [-0.39, 0.29) is 12.0 Å². The summed E-state index contributed by atoms with van der Waals surface area (Å²) in [6.45, 7) is 0. The zero-order valence-corrected chi connectivity index (χ0v) is 6.90. The van der Waals surface area contributed by atoms with Crippen molar-refractivity contribution in [3.05, 3.63) is 35.4 Å². The minimum atomic E-state index is -1.39. The number of hydrogen-bond donors (Lipinski definition) is 2. The summed E-state index contributed by atoms with van der Waals surface area (Å²) in [6, 6.07) is 5.98. The summed E-state index contributed by atoms with van der Waals surface area (Å²) in [7, 11) is 0. The minimum absolute atomic E-state index is 0.111. The number of nitrogens with two attached hydrogens (primary N) is 1. The lowest BCUT2D eigenvalue weighted by Crippen LogP contribution is -2.15. The highest BCUT2D eigenvalue weighted by Gasteiger charge is 2.03. The Morgan fingerprint density at radius 1 is 1.46 bits per heavy atom. The summed E-state index contributed by atoms with van der Waals surface area (Å²) in [5.74, 6) is -0.990. The number of hydrogen-bond acceptors (Lipinski definition) is 2. The monoisotopic (exact) mass is 183 g/mol. The van der Waals surface area contributed by atoms with Gasteiger partial charge >= 0.3 is 5.97 Å². The van der Waals surface area contributed by atoms with Gasteiger partial charge in [-0.25, -0.2) is 9.18 Å². The first-order valence-corrected chi connectivity index (χ1v) is 3.81. The van der Waals surface area contributed by atoms with Crippen molar-refractivity contribution in [2.24, 2.45) is 5.73 Å². The third kappa shape index (κ3) is 2.83. The molecular formula is C9H10FNO2. The Balaban J connectivity index is 2.75. The molecule has 0 bridgehead atoms. The second kappa shape index (κ2) is 4.00. The van der Waals surface area contributed by atoms with Crippen molar-refractivity contribution in [2.75, 3.05) is 0 Å².